The first kappa shape index (κ1) is 12.6. The first-order valence-electron chi connectivity index (χ1n) is 5.78. The van der Waals surface area contributed by atoms with Crippen LogP contribution in [0.2, 0.25) is 0 Å². The Morgan fingerprint density at radius 1 is 1.17 bits per heavy atom. The zero-order chi connectivity index (χ0) is 13.2. The molecule has 0 spiro atoms. The number of hydrogen-bond donors (Lipinski definition) is 1. The van der Waals surface area contributed by atoms with Crippen molar-refractivity contribution in [2.75, 3.05) is 6.54 Å². The van der Waals surface area contributed by atoms with Gasteiger partial charge in [-0.1, -0.05) is 31.9 Å². The van der Waals surface area contributed by atoms with Gasteiger partial charge in [0.2, 0.25) is 11.8 Å². The van der Waals surface area contributed by atoms with Crippen molar-refractivity contribution in [3.05, 3.63) is 0 Å². The second-order valence-electron chi connectivity index (χ2n) is 5.16. The Morgan fingerprint density at radius 3 is 2.00 bits per heavy atom. The van der Waals surface area contributed by atoms with Crippen molar-refractivity contribution in [2.45, 2.75) is 16.1 Å². The highest BCUT2D eigenvalue weighted by atomic mass is 79.9. The topological polar surface area (TPSA) is 74.7 Å². The van der Waals surface area contributed by atoms with E-state index in [-0.39, 0.29) is 45.1 Å². The van der Waals surface area contributed by atoms with Gasteiger partial charge in [0.25, 0.3) is 0 Å². The molecular weight excluding hydrogens is 370 g/mol. The van der Waals surface area contributed by atoms with Gasteiger partial charge in [-0.25, -0.2) is 0 Å². The Balaban J connectivity index is 1.92. The predicted octanol–water partition coefficient (Wildman–Crippen LogP) is 0.849. The van der Waals surface area contributed by atoms with E-state index in [1.807, 2.05) is 0 Å². The van der Waals surface area contributed by atoms with Crippen LogP contribution in [-0.4, -0.2) is 44.0 Å². The molecule has 3 rings (SSSR count). The molecule has 5 nitrogen and oxygen atoms in total. The van der Waals surface area contributed by atoms with Gasteiger partial charge < -0.3 is 5.11 Å². The third-order valence-corrected chi connectivity index (χ3v) is 7.58. The third kappa shape index (κ3) is 1.46. The Morgan fingerprint density at radius 2 is 1.61 bits per heavy atom. The Hall–Kier alpha value is -0.430. The number of carboxylic acids is 1. The second kappa shape index (κ2) is 4.03. The van der Waals surface area contributed by atoms with E-state index >= 15 is 0 Å². The molecule has 2 aliphatic carbocycles. The molecule has 7 heteroatoms. The number of amides is 2. The summed E-state index contributed by atoms with van der Waals surface area (Å²) in [5, 5.41) is 8.76. The third-order valence-electron chi connectivity index (χ3n) is 4.37. The van der Waals surface area contributed by atoms with Gasteiger partial charge in [0.05, 0.1) is 11.8 Å². The molecule has 1 heterocycles. The minimum Gasteiger partial charge on any atom is -0.480 e. The Kier molecular flexibility index (Phi) is 2.82. The highest BCUT2D eigenvalue weighted by Crippen LogP contribution is 2.60. The molecule has 0 aromatic rings. The van der Waals surface area contributed by atoms with Crippen molar-refractivity contribution in [1.82, 2.24) is 4.90 Å². The average molecular weight is 381 g/mol. The van der Waals surface area contributed by atoms with Crippen LogP contribution in [0.5, 0.6) is 0 Å². The number of carboxylic acid groups (broad SMARTS) is 1. The second-order valence-corrected chi connectivity index (χ2v) is 7.27. The fourth-order valence-corrected chi connectivity index (χ4v) is 5.58. The molecule has 1 N–H and O–H groups in total. The number of nitrogens with zero attached hydrogens (tertiary/aromatic N) is 1. The first-order valence-corrected chi connectivity index (χ1v) is 7.61. The van der Waals surface area contributed by atoms with Crippen molar-refractivity contribution >= 4 is 49.6 Å². The van der Waals surface area contributed by atoms with Crippen molar-refractivity contribution < 1.29 is 19.5 Å². The summed E-state index contributed by atoms with van der Waals surface area (Å²) >= 11 is 7.14. The normalized spacial score (nSPS) is 45.8. The van der Waals surface area contributed by atoms with E-state index in [1.54, 1.807) is 0 Å². The number of imide groups is 1. The Bertz CT molecular complexity index is 422. The van der Waals surface area contributed by atoms with Crippen LogP contribution in [0.3, 0.4) is 0 Å². The molecule has 2 saturated carbocycles. The summed E-state index contributed by atoms with van der Waals surface area (Å²) in [6, 6.07) is 0. The molecule has 2 bridgehead atoms. The summed E-state index contributed by atoms with van der Waals surface area (Å²) in [6.45, 7) is -0.510. The van der Waals surface area contributed by atoms with Crippen molar-refractivity contribution in [3.8, 4) is 0 Å². The lowest BCUT2D eigenvalue weighted by Crippen LogP contribution is -2.37. The molecule has 3 fully saturated rings. The van der Waals surface area contributed by atoms with Crippen LogP contribution in [0, 0.1) is 23.7 Å². The first-order chi connectivity index (χ1) is 8.43. The highest BCUT2D eigenvalue weighted by Gasteiger charge is 2.66. The number of carbonyl (C=O) groups is 3. The molecule has 3 aliphatic rings. The van der Waals surface area contributed by atoms with E-state index in [0.29, 0.717) is 0 Å². The van der Waals surface area contributed by atoms with Gasteiger partial charge in [-0.15, -0.1) is 0 Å². The monoisotopic (exact) mass is 379 g/mol. The summed E-state index contributed by atoms with van der Waals surface area (Å²) in [7, 11) is 0. The molecule has 0 radical (unpaired) electrons. The fourth-order valence-electron chi connectivity index (χ4n) is 3.70. The molecule has 0 aromatic carbocycles. The number of aliphatic carboxylic acids is 1. The number of halogens is 2. The quantitative estimate of drug-likeness (QED) is 0.569. The number of fused-ring (bicyclic) bond motifs is 5. The SMILES string of the molecule is O=C(O)CN1C(=O)[C@@H]2[C@H]3C[C@H]([C@@H](Br)[C@H]3Br)[C@@H]2C1=O. The zero-order valence-corrected chi connectivity index (χ0v) is 12.4. The maximum atomic E-state index is 12.2. The van der Waals surface area contributed by atoms with E-state index in [9.17, 15) is 14.4 Å². The molecule has 1 aliphatic heterocycles. The molecule has 1 saturated heterocycles. The maximum Gasteiger partial charge on any atom is 0.323 e. The largest absolute Gasteiger partial charge is 0.480 e. The number of rotatable bonds is 2. The van der Waals surface area contributed by atoms with Crippen LogP contribution in [0.25, 0.3) is 0 Å². The lowest BCUT2D eigenvalue weighted by molar-refractivity contribution is -0.149. The van der Waals surface area contributed by atoms with E-state index < -0.39 is 12.5 Å². The van der Waals surface area contributed by atoms with E-state index in [1.165, 1.54) is 0 Å². The van der Waals surface area contributed by atoms with Crippen LogP contribution in [0.15, 0.2) is 0 Å². The zero-order valence-electron chi connectivity index (χ0n) is 9.25. The molecule has 0 unspecified atom stereocenters. The van der Waals surface area contributed by atoms with Crippen molar-refractivity contribution in [2.24, 2.45) is 23.7 Å². The van der Waals surface area contributed by atoms with Crippen LogP contribution >= 0.6 is 31.9 Å². The van der Waals surface area contributed by atoms with E-state index in [2.05, 4.69) is 31.9 Å². The van der Waals surface area contributed by atoms with Gasteiger partial charge in [-0.2, -0.15) is 0 Å². The van der Waals surface area contributed by atoms with Gasteiger partial charge in [0.1, 0.15) is 6.54 Å². The number of alkyl halides is 2. The van der Waals surface area contributed by atoms with Gasteiger partial charge in [-0.3, -0.25) is 19.3 Å². The molecule has 98 valence electrons. The molecule has 18 heavy (non-hydrogen) atoms. The van der Waals surface area contributed by atoms with Gasteiger partial charge in [0, 0.05) is 9.65 Å². The van der Waals surface area contributed by atoms with E-state index in [4.69, 9.17) is 5.11 Å². The summed E-state index contributed by atoms with van der Waals surface area (Å²) in [6.07, 6.45) is 0.861. The standard InChI is InChI=1S/C11H11Br2NO4/c12-8-3-1-4(9(8)13)7-6(3)10(17)14(11(7)18)2-5(15)16/h3-4,6-9H,1-2H2,(H,15,16)/t3-,4+,6-,7+,8+,9-. The summed E-state index contributed by atoms with van der Waals surface area (Å²) in [4.78, 5) is 36.4. The lowest BCUT2D eigenvalue weighted by Gasteiger charge is -2.28. The molecule has 0 aromatic heterocycles. The van der Waals surface area contributed by atoms with Crippen LogP contribution < -0.4 is 0 Å². The van der Waals surface area contributed by atoms with Crippen LogP contribution in [0.1, 0.15) is 6.42 Å². The maximum absolute atomic E-state index is 12.2. The molecule has 6 atom stereocenters. The van der Waals surface area contributed by atoms with Gasteiger partial charge >= 0.3 is 5.97 Å². The summed E-state index contributed by atoms with van der Waals surface area (Å²) in [5.41, 5.74) is 0. The minimum absolute atomic E-state index is 0.139. The van der Waals surface area contributed by atoms with Crippen LogP contribution in [0.4, 0.5) is 0 Å². The summed E-state index contributed by atoms with van der Waals surface area (Å²) < 4.78 is 0. The smallest absolute Gasteiger partial charge is 0.323 e. The number of hydrogen-bond acceptors (Lipinski definition) is 3. The number of likely N-dealkylation sites (tertiary alicyclic amines) is 1. The van der Waals surface area contributed by atoms with Crippen molar-refractivity contribution in [3.63, 3.8) is 0 Å². The molecule has 2 amide bonds. The van der Waals surface area contributed by atoms with Crippen molar-refractivity contribution in [1.29, 1.82) is 0 Å². The average Bonchev–Trinajstić information content (AvgIpc) is 2.88. The highest BCUT2D eigenvalue weighted by molar-refractivity contribution is 9.12. The van der Waals surface area contributed by atoms with Gasteiger partial charge in [-0.05, 0) is 18.3 Å². The number of carbonyl (C=O) groups excluding carboxylic acids is 2. The van der Waals surface area contributed by atoms with E-state index in [0.717, 1.165) is 11.3 Å². The minimum atomic E-state index is -1.14. The van der Waals surface area contributed by atoms with Gasteiger partial charge in [0.15, 0.2) is 0 Å². The lowest BCUT2D eigenvalue weighted by atomic mass is 9.81. The summed E-state index contributed by atoms with van der Waals surface area (Å²) in [5.74, 6) is -2.11. The molecular formula is C11H11Br2NO4. The fraction of sp³-hybridized carbons (Fsp3) is 0.727. The Labute approximate surface area is 120 Å². The predicted molar refractivity (Wildman–Crippen MR) is 68.4 cm³/mol. The van der Waals surface area contributed by atoms with Crippen LogP contribution in [-0.2, 0) is 14.4 Å².